The highest BCUT2D eigenvalue weighted by Crippen LogP contribution is 2.16. The van der Waals surface area contributed by atoms with E-state index in [1.807, 2.05) is 6.92 Å². The van der Waals surface area contributed by atoms with Crippen molar-refractivity contribution >= 4 is 5.96 Å². The van der Waals surface area contributed by atoms with Crippen LogP contribution in [0.5, 0.6) is 5.75 Å². The number of benzene rings is 1. The molecule has 2 N–H and O–H groups in total. The summed E-state index contributed by atoms with van der Waals surface area (Å²) < 4.78 is 29.4. The van der Waals surface area contributed by atoms with Gasteiger partial charge in [-0.25, -0.2) is 4.39 Å². The van der Waals surface area contributed by atoms with Crippen molar-refractivity contribution in [2.24, 2.45) is 4.99 Å². The molecule has 136 valence electrons. The van der Waals surface area contributed by atoms with Crippen molar-refractivity contribution in [3.63, 3.8) is 0 Å². The molecule has 0 saturated heterocycles. The zero-order valence-corrected chi connectivity index (χ0v) is 14.7. The van der Waals surface area contributed by atoms with Gasteiger partial charge in [0, 0.05) is 27.3 Å². The monoisotopic (exact) mass is 341 g/mol. The minimum Gasteiger partial charge on any atom is -0.486 e. The average Bonchev–Trinajstić information content (AvgIpc) is 2.58. The lowest BCUT2D eigenvalue weighted by atomic mass is 10.3. The molecule has 0 amide bonds. The highest BCUT2D eigenvalue weighted by Gasteiger charge is 2.08. The Bertz CT molecular complexity index is 486. The van der Waals surface area contributed by atoms with Gasteiger partial charge in [-0.15, -0.1) is 0 Å². The van der Waals surface area contributed by atoms with E-state index in [-0.39, 0.29) is 17.7 Å². The topological polar surface area (TPSA) is 64.1 Å². The molecule has 1 rings (SSSR count). The number of halogens is 1. The van der Waals surface area contributed by atoms with Crippen LogP contribution < -0.4 is 15.4 Å². The van der Waals surface area contributed by atoms with E-state index in [4.69, 9.17) is 14.2 Å². The maximum Gasteiger partial charge on any atom is 0.191 e. The fourth-order valence-corrected chi connectivity index (χ4v) is 1.89. The third-order valence-corrected chi connectivity index (χ3v) is 3.14. The molecule has 6 nitrogen and oxygen atoms in total. The van der Waals surface area contributed by atoms with Crippen LogP contribution in [0.1, 0.15) is 13.3 Å². The minimum atomic E-state index is -0.361. The molecule has 1 atom stereocenters. The highest BCUT2D eigenvalue weighted by atomic mass is 19.1. The van der Waals surface area contributed by atoms with Crippen LogP contribution >= 0.6 is 0 Å². The number of hydrogen-bond donors (Lipinski definition) is 2. The summed E-state index contributed by atoms with van der Waals surface area (Å²) >= 11 is 0. The molecule has 0 aliphatic carbocycles. The Kier molecular flexibility index (Phi) is 10.6. The molecule has 0 aliphatic rings. The van der Waals surface area contributed by atoms with Gasteiger partial charge in [0.2, 0.25) is 0 Å². The van der Waals surface area contributed by atoms with Crippen LogP contribution in [0.4, 0.5) is 4.39 Å². The molecule has 0 aliphatic heterocycles. The Morgan fingerprint density at radius 1 is 1.21 bits per heavy atom. The van der Waals surface area contributed by atoms with Gasteiger partial charge >= 0.3 is 0 Å². The van der Waals surface area contributed by atoms with Crippen LogP contribution in [0, 0.1) is 5.82 Å². The van der Waals surface area contributed by atoms with Gasteiger partial charge in [0.25, 0.3) is 0 Å². The predicted molar refractivity (Wildman–Crippen MR) is 93.2 cm³/mol. The lowest BCUT2D eigenvalue weighted by Crippen LogP contribution is -2.42. The number of nitrogens with one attached hydrogen (secondary N) is 2. The van der Waals surface area contributed by atoms with Gasteiger partial charge in [0.1, 0.15) is 6.10 Å². The summed E-state index contributed by atoms with van der Waals surface area (Å²) in [5.74, 6) is 0.569. The molecule has 24 heavy (non-hydrogen) atoms. The van der Waals surface area contributed by atoms with Crippen molar-refractivity contribution < 1.29 is 18.6 Å². The van der Waals surface area contributed by atoms with Crippen molar-refractivity contribution in [2.75, 3.05) is 47.1 Å². The zero-order valence-electron chi connectivity index (χ0n) is 14.7. The average molecular weight is 341 g/mol. The van der Waals surface area contributed by atoms with Crippen molar-refractivity contribution in [1.82, 2.24) is 10.6 Å². The number of ether oxygens (including phenoxy) is 3. The van der Waals surface area contributed by atoms with Crippen molar-refractivity contribution in [1.29, 1.82) is 0 Å². The largest absolute Gasteiger partial charge is 0.486 e. The second kappa shape index (κ2) is 12.5. The van der Waals surface area contributed by atoms with E-state index in [0.29, 0.717) is 32.3 Å². The maximum absolute atomic E-state index is 13.5. The zero-order chi connectivity index (χ0) is 17.6. The fourth-order valence-electron chi connectivity index (χ4n) is 1.89. The van der Waals surface area contributed by atoms with Gasteiger partial charge in [-0.05, 0) is 25.5 Å². The Hall–Kier alpha value is -1.86. The summed E-state index contributed by atoms with van der Waals surface area (Å²) in [5, 5.41) is 6.34. The smallest absolute Gasteiger partial charge is 0.191 e. The first-order valence-electron chi connectivity index (χ1n) is 8.09. The molecule has 0 heterocycles. The summed E-state index contributed by atoms with van der Waals surface area (Å²) in [6.07, 6.45) is 0.670. The third-order valence-electron chi connectivity index (χ3n) is 3.14. The second-order valence-electron chi connectivity index (χ2n) is 5.20. The number of nitrogens with zero attached hydrogens (tertiary/aromatic N) is 1. The van der Waals surface area contributed by atoms with Gasteiger partial charge in [-0.2, -0.15) is 0 Å². The molecule has 0 aromatic heterocycles. The van der Waals surface area contributed by atoms with Crippen LogP contribution in [0.15, 0.2) is 29.3 Å². The number of methoxy groups -OCH3 is 1. The lowest BCUT2D eigenvalue weighted by Gasteiger charge is -2.18. The minimum absolute atomic E-state index is 0.196. The molecule has 1 unspecified atom stereocenters. The summed E-state index contributed by atoms with van der Waals surface area (Å²) in [5.41, 5.74) is 0. The number of para-hydroxylation sites is 1. The molecule has 0 bridgehead atoms. The summed E-state index contributed by atoms with van der Waals surface area (Å²) in [6.45, 7) is 5.01. The third kappa shape index (κ3) is 8.69. The number of rotatable bonds is 11. The molecular weight excluding hydrogens is 313 g/mol. The van der Waals surface area contributed by atoms with E-state index >= 15 is 0 Å². The fraction of sp³-hybridized carbons (Fsp3) is 0.588. The van der Waals surface area contributed by atoms with Gasteiger partial charge in [-0.1, -0.05) is 12.1 Å². The van der Waals surface area contributed by atoms with Crippen molar-refractivity contribution in [3.8, 4) is 5.75 Å². The Labute approximate surface area is 143 Å². The van der Waals surface area contributed by atoms with Gasteiger partial charge in [0.05, 0.1) is 19.8 Å². The van der Waals surface area contributed by atoms with E-state index < -0.39 is 0 Å². The van der Waals surface area contributed by atoms with Gasteiger partial charge < -0.3 is 24.8 Å². The summed E-state index contributed by atoms with van der Waals surface area (Å²) in [7, 11) is 3.35. The second-order valence-corrected chi connectivity index (χ2v) is 5.20. The van der Waals surface area contributed by atoms with Crippen LogP contribution in [-0.2, 0) is 9.47 Å². The lowest BCUT2D eigenvalue weighted by molar-refractivity contribution is 0.0698. The number of hydrogen-bond acceptors (Lipinski definition) is 4. The van der Waals surface area contributed by atoms with Crippen LogP contribution in [0.25, 0.3) is 0 Å². The first-order valence-corrected chi connectivity index (χ1v) is 8.09. The normalized spacial score (nSPS) is 12.8. The molecule has 0 radical (unpaired) electrons. The summed E-state index contributed by atoms with van der Waals surface area (Å²) in [4.78, 5) is 4.14. The molecule has 0 saturated carbocycles. The summed E-state index contributed by atoms with van der Waals surface area (Å²) in [6, 6.07) is 6.37. The predicted octanol–water partition coefficient (Wildman–Crippen LogP) is 1.81. The highest BCUT2D eigenvalue weighted by molar-refractivity contribution is 5.79. The maximum atomic E-state index is 13.5. The number of guanidine groups is 1. The Balaban J connectivity index is 2.18. The van der Waals surface area contributed by atoms with Crippen LogP contribution in [0.2, 0.25) is 0 Å². The first-order chi connectivity index (χ1) is 11.7. The van der Waals surface area contributed by atoms with E-state index in [1.54, 1.807) is 32.4 Å². The van der Waals surface area contributed by atoms with E-state index in [9.17, 15) is 4.39 Å². The molecule has 0 fully saturated rings. The molecule has 1 aromatic carbocycles. The standard InChI is InChI=1S/C17H28FN3O3/c1-14(24-16-8-5-4-7-15(16)18)13-21-17(19-2)20-9-6-10-23-12-11-22-3/h4-5,7-8,14H,6,9-13H2,1-3H3,(H2,19,20,21). The first kappa shape index (κ1) is 20.2. The van der Waals surface area contributed by atoms with Crippen molar-refractivity contribution in [2.45, 2.75) is 19.4 Å². The quantitative estimate of drug-likeness (QED) is 0.365. The van der Waals surface area contributed by atoms with Gasteiger partial charge in [-0.3, -0.25) is 4.99 Å². The van der Waals surface area contributed by atoms with Crippen molar-refractivity contribution in [3.05, 3.63) is 30.1 Å². The van der Waals surface area contributed by atoms with Crippen LogP contribution in [-0.4, -0.2) is 59.1 Å². The molecule has 1 aromatic rings. The molecular formula is C17H28FN3O3. The SMILES string of the molecule is CN=C(NCCCOCCOC)NCC(C)Oc1ccccc1F. The van der Waals surface area contributed by atoms with E-state index in [1.165, 1.54) is 6.07 Å². The van der Waals surface area contributed by atoms with Gasteiger partial charge in [0.15, 0.2) is 17.5 Å². The number of aliphatic imine (C=N–C) groups is 1. The van der Waals surface area contributed by atoms with E-state index in [2.05, 4.69) is 15.6 Å². The molecule has 7 heteroatoms. The van der Waals surface area contributed by atoms with Crippen LogP contribution in [0.3, 0.4) is 0 Å². The Morgan fingerprint density at radius 2 is 2.00 bits per heavy atom. The Morgan fingerprint density at radius 3 is 2.71 bits per heavy atom. The van der Waals surface area contributed by atoms with E-state index in [0.717, 1.165) is 13.0 Å². The molecule has 0 spiro atoms.